The van der Waals surface area contributed by atoms with Gasteiger partial charge in [0.25, 0.3) is 0 Å². The van der Waals surface area contributed by atoms with Gasteiger partial charge in [-0.05, 0) is 24.3 Å². The van der Waals surface area contributed by atoms with E-state index in [-0.39, 0.29) is 17.3 Å². The quantitative estimate of drug-likeness (QED) is 0.340. The van der Waals surface area contributed by atoms with Gasteiger partial charge in [0, 0.05) is 25.2 Å². The number of nitrogens with two attached hydrogens (primary N) is 1. The summed E-state index contributed by atoms with van der Waals surface area (Å²) in [4.78, 5) is 2.08. The van der Waals surface area contributed by atoms with Crippen LogP contribution >= 0.6 is 0 Å². The predicted octanol–water partition coefficient (Wildman–Crippen LogP) is -0.110. The summed E-state index contributed by atoms with van der Waals surface area (Å²) < 4.78 is 28.2. The molecule has 21 heavy (non-hydrogen) atoms. The lowest BCUT2D eigenvalue weighted by Crippen LogP contribution is -2.42. The first-order chi connectivity index (χ1) is 10.00. The van der Waals surface area contributed by atoms with Crippen LogP contribution < -0.4 is 10.5 Å². The smallest absolute Gasteiger partial charge is 0.170 e. The maximum atomic E-state index is 11.3. The number of rotatable bonds is 5. The fourth-order valence-electron chi connectivity index (χ4n) is 2.05. The lowest BCUT2D eigenvalue weighted by atomic mass is 10.2. The summed E-state index contributed by atoms with van der Waals surface area (Å²) in [5.41, 5.74) is 6.08. The number of hydrogen-bond donors (Lipinski definition) is 2. The summed E-state index contributed by atoms with van der Waals surface area (Å²) in [6.45, 7) is 2.31. The van der Waals surface area contributed by atoms with Crippen molar-refractivity contribution >= 4 is 15.7 Å². The SMILES string of the molecule is NC(=NO)c1ccc(OCCN2CCS(=O)(=O)CC2)cc1. The summed E-state index contributed by atoms with van der Waals surface area (Å²) in [5.74, 6) is 1.19. The first kappa shape index (κ1) is 15.6. The van der Waals surface area contributed by atoms with E-state index in [4.69, 9.17) is 15.7 Å². The van der Waals surface area contributed by atoms with Crippen LogP contribution in [0, 0.1) is 0 Å². The van der Waals surface area contributed by atoms with E-state index in [1.54, 1.807) is 24.3 Å². The van der Waals surface area contributed by atoms with Crippen molar-refractivity contribution < 1.29 is 18.4 Å². The van der Waals surface area contributed by atoms with Crippen molar-refractivity contribution in [1.29, 1.82) is 0 Å². The number of sulfone groups is 1. The molecule has 0 atom stereocenters. The molecule has 0 unspecified atom stereocenters. The van der Waals surface area contributed by atoms with Crippen LogP contribution in [0.25, 0.3) is 0 Å². The highest BCUT2D eigenvalue weighted by atomic mass is 32.2. The summed E-state index contributed by atoms with van der Waals surface area (Å²) in [6.07, 6.45) is 0. The number of amidine groups is 1. The molecule has 0 bridgehead atoms. The van der Waals surface area contributed by atoms with Gasteiger partial charge >= 0.3 is 0 Å². The minimum atomic E-state index is -2.83. The van der Waals surface area contributed by atoms with Gasteiger partial charge < -0.3 is 15.7 Å². The van der Waals surface area contributed by atoms with E-state index in [2.05, 4.69) is 10.1 Å². The van der Waals surface area contributed by atoms with Crippen molar-refractivity contribution in [2.45, 2.75) is 0 Å². The van der Waals surface area contributed by atoms with Crippen molar-refractivity contribution in [3.8, 4) is 5.75 Å². The summed E-state index contributed by atoms with van der Waals surface area (Å²) in [5, 5.41) is 11.5. The first-order valence-electron chi connectivity index (χ1n) is 6.64. The minimum Gasteiger partial charge on any atom is -0.492 e. The van der Waals surface area contributed by atoms with Gasteiger partial charge in [-0.1, -0.05) is 5.16 Å². The van der Waals surface area contributed by atoms with Crippen LogP contribution in [0.2, 0.25) is 0 Å². The third-order valence-corrected chi connectivity index (χ3v) is 4.98. The summed E-state index contributed by atoms with van der Waals surface area (Å²) in [6, 6.07) is 6.90. The molecule has 1 aromatic carbocycles. The molecule has 1 heterocycles. The Hall–Kier alpha value is -1.80. The van der Waals surface area contributed by atoms with Crippen molar-refractivity contribution in [3.63, 3.8) is 0 Å². The highest BCUT2D eigenvalue weighted by Gasteiger charge is 2.20. The zero-order valence-electron chi connectivity index (χ0n) is 11.6. The Balaban J connectivity index is 1.76. The van der Waals surface area contributed by atoms with Gasteiger partial charge in [-0.3, -0.25) is 4.90 Å². The zero-order chi connectivity index (χ0) is 15.3. The maximum absolute atomic E-state index is 11.3. The predicted molar refractivity (Wildman–Crippen MR) is 79.5 cm³/mol. The normalized spacial score (nSPS) is 19.3. The van der Waals surface area contributed by atoms with E-state index < -0.39 is 9.84 Å². The Morgan fingerprint density at radius 2 is 1.90 bits per heavy atom. The highest BCUT2D eigenvalue weighted by molar-refractivity contribution is 7.91. The Labute approximate surface area is 123 Å². The monoisotopic (exact) mass is 313 g/mol. The number of ether oxygens (including phenoxy) is 1. The molecule has 2 rings (SSSR count). The molecule has 0 spiro atoms. The van der Waals surface area contributed by atoms with Crippen molar-refractivity contribution in [3.05, 3.63) is 29.8 Å². The molecule has 0 aliphatic carbocycles. The molecule has 0 aromatic heterocycles. The van der Waals surface area contributed by atoms with Gasteiger partial charge in [0.2, 0.25) is 0 Å². The minimum absolute atomic E-state index is 0.0519. The topological polar surface area (TPSA) is 105 Å². The van der Waals surface area contributed by atoms with E-state index in [0.717, 1.165) is 0 Å². The molecule has 1 saturated heterocycles. The fourth-order valence-corrected chi connectivity index (χ4v) is 3.32. The van der Waals surface area contributed by atoms with E-state index >= 15 is 0 Å². The number of benzene rings is 1. The molecule has 0 amide bonds. The van der Waals surface area contributed by atoms with Gasteiger partial charge in [-0.25, -0.2) is 8.42 Å². The second-order valence-corrected chi connectivity index (χ2v) is 7.16. The third kappa shape index (κ3) is 4.61. The fraction of sp³-hybridized carbons (Fsp3) is 0.462. The highest BCUT2D eigenvalue weighted by Crippen LogP contribution is 2.12. The second-order valence-electron chi connectivity index (χ2n) is 4.85. The van der Waals surface area contributed by atoms with E-state index in [1.165, 1.54) is 0 Å². The first-order valence-corrected chi connectivity index (χ1v) is 8.46. The molecule has 1 aliphatic rings. The molecule has 1 aliphatic heterocycles. The molecule has 1 aromatic rings. The van der Waals surface area contributed by atoms with Crippen LogP contribution in [0.1, 0.15) is 5.56 Å². The summed E-state index contributed by atoms with van der Waals surface area (Å²) >= 11 is 0. The molecule has 0 saturated carbocycles. The molecular weight excluding hydrogens is 294 g/mol. The van der Waals surface area contributed by atoms with Crippen LogP contribution in [-0.2, 0) is 9.84 Å². The van der Waals surface area contributed by atoms with Crippen molar-refractivity contribution in [2.75, 3.05) is 37.7 Å². The van der Waals surface area contributed by atoms with Gasteiger partial charge in [-0.2, -0.15) is 0 Å². The Kier molecular flexibility index (Phi) is 5.03. The van der Waals surface area contributed by atoms with Crippen molar-refractivity contribution in [1.82, 2.24) is 4.90 Å². The van der Waals surface area contributed by atoms with E-state index in [1.807, 2.05) is 0 Å². The molecule has 1 fully saturated rings. The molecular formula is C13H19N3O4S. The largest absolute Gasteiger partial charge is 0.492 e. The van der Waals surface area contributed by atoms with Gasteiger partial charge in [-0.15, -0.1) is 0 Å². The molecule has 7 nitrogen and oxygen atoms in total. The average Bonchev–Trinajstić information content (AvgIpc) is 2.49. The van der Waals surface area contributed by atoms with Gasteiger partial charge in [0.15, 0.2) is 15.7 Å². The standard InChI is InChI=1S/C13H19N3O4S/c14-13(15-17)11-1-3-12(4-2-11)20-8-5-16-6-9-21(18,19)10-7-16/h1-4,17H,5-10H2,(H2,14,15). The van der Waals surface area contributed by atoms with Crippen molar-refractivity contribution in [2.24, 2.45) is 10.9 Å². The van der Waals surface area contributed by atoms with E-state index in [9.17, 15) is 8.42 Å². The second kappa shape index (κ2) is 6.77. The van der Waals surface area contributed by atoms with E-state index in [0.29, 0.717) is 37.6 Å². The molecule has 116 valence electrons. The van der Waals surface area contributed by atoms with Gasteiger partial charge in [0.1, 0.15) is 12.4 Å². The van der Waals surface area contributed by atoms with Gasteiger partial charge in [0.05, 0.1) is 11.5 Å². The Bertz CT molecular complexity index is 584. The Morgan fingerprint density at radius 1 is 1.29 bits per heavy atom. The lowest BCUT2D eigenvalue weighted by molar-refractivity contribution is 0.219. The average molecular weight is 313 g/mol. The molecule has 8 heteroatoms. The number of oxime groups is 1. The van der Waals surface area contributed by atoms with Crippen LogP contribution in [0.4, 0.5) is 0 Å². The third-order valence-electron chi connectivity index (χ3n) is 3.37. The Morgan fingerprint density at radius 3 is 2.48 bits per heavy atom. The zero-order valence-corrected chi connectivity index (χ0v) is 12.4. The number of hydrogen-bond acceptors (Lipinski definition) is 6. The summed E-state index contributed by atoms with van der Waals surface area (Å²) in [7, 11) is -2.83. The maximum Gasteiger partial charge on any atom is 0.170 e. The lowest BCUT2D eigenvalue weighted by Gasteiger charge is -2.26. The van der Waals surface area contributed by atoms with Crippen LogP contribution in [0.15, 0.2) is 29.4 Å². The molecule has 3 N–H and O–H groups in total. The van der Waals surface area contributed by atoms with Crippen LogP contribution in [0.3, 0.4) is 0 Å². The molecule has 0 radical (unpaired) electrons. The van der Waals surface area contributed by atoms with Crippen LogP contribution in [-0.4, -0.2) is 62.1 Å². The number of nitrogens with zero attached hydrogens (tertiary/aromatic N) is 2. The van der Waals surface area contributed by atoms with Crippen LogP contribution in [0.5, 0.6) is 5.75 Å².